The van der Waals surface area contributed by atoms with Crippen molar-refractivity contribution in [3.8, 4) is 5.75 Å². The Hall–Kier alpha value is -1.46. The fraction of sp³-hybridized carbons (Fsp3) is 0.154. The molecular weight excluding hydrogens is 269 g/mol. The first-order chi connectivity index (χ1) is 8.68. The highest BCUT2D eigenvalue weighted by Gasteiger charge is 2.12. The van der Waals surface area contributed by atoms with Crippen LogP contribution in [0.4, 0.5) is 4.39 Å². The molecule has 94 valence electrons. The second kappa shape index (κ2) is 5.93. The van der Waals surface area contributed by atoms with E-state index in [1.165, 1.54) is 11.6 Å². The normalized spacial score (nSPS) is 10.3. The third-order valence-corrected chi connectivity index (χ3v) is 3.39. The smallest absolute Gasteiger partial charge is 0.137 e. The van der Waals surface area contributed by atoms with Crippen LogP contribution in [0, 0.1) is 5.82 Å². The number of hydrogen-bond acceptors (Lipinski definition) is 3. The summed E-state index contributed by atoms with van der Waals surface area (Å²) in [6.07, 6.45) is 0.775. The van der Waals surface area contributed by atoms with Gasteiger partial charge in [0.25, 0.3) is 0 Å². The summed E-state index contributed by atoms with van der Waals surface area (Å²) in [4.78, 5) is 0.0126. The molecule has 0 bridgehead atoms. The number of thiophene rings is 1. The van der Waals surface area contributed by atoms with Crippen LogP contribution in [0.1, 0.15) is 11.1 Å². The molecule has 0 saturated heterocycles. The van der Waals surface area contributed by atoms with Crippen LogP contribution in [-0.2, 0) is 6.42 Å². The third kappa shape index (κ3) is 3.05. The van der Waals surface area contributed by atoms with E-state index < -0.39 is 5.82 Å². The van der Waals surface area contributed by atoms with Crippen LogP contribution in [0.2, 0.25) is 0 Å². The predicted molar refractivity (Wildman–Crippen MR) is 75.8 cm³/mol. The summed E-state index contributed by atoms with van der Waals surface area (Å²) < 4.78 is 19.1. The van der Waals surface area contributed by atoms with E-state index in [9.17, 15) is 4.39 Å². The Morgan fingerprint density at radius 1 is 1.39 bits per heavy atom. The van der Waals surface area contributed by atoms with Gasteiger partial charge in [-0.15, -0.1) is 0 Å². The molecule has 0 amide bonds. The van der Waals surface area contributed by atoms with Gasteiger partial charge in [-0.3, -0.25) is 0 Å². The maximum atomic E-state index is 13.6. The molecule has 1 aromatic heterocycles. The lowest BCUT2D eigenvalue weighted by molar-refractivity contribution is 0.320. The molecule has 5 heteroatoms. The molecule has 0 aliphatic carbocycles. The fourth-order valence-electron chi connectivity index (χ4n) is 1.58. The van der Waals surface area contributed by atoms with Crippen molar-refractivity contribution in [2.45, 2.75) is 6.42 Å². The lowest BCUT2D eigenvalue weighted by Crippen LogP contribution is -2.14. The topological polar surface area (TPSA) is 35.2 Å². The number of rotatable bonds is 5. The molecule has 0 aliphatic rings. The van der Waals surface area contributed by atoms with E-state index in [1.807, 2.05) is 11.4 Å². The monoisotopic (exact) mass is 281 g/mol. The molecule has 0 saturated carbocycles. The van der Waals surface area contributed by atoms with Gasteiger partial charge in [-0.2, -0.15) is 11.3 Å². The zero-order valence-corrected chi connectivity index (χ0v) is 11.2. The zero-order valence-electron chi connectivity index (χ0n) is 9.56. The van der Waals surface area contributed by atoms with Crippen molar-refractivity contribution in [3.05, 3.63) is 52.0 Å². The Kier molecular flexibility index (Phi) is 4.28. The zero-order chi connectivity index (χ0) is 13.0. The van der Waals surface area contributed by atoms with Crippen molar-refractivity contribution in [3.63, 3.8) is 0 Å². The number of ether oxygens (including phenoxy) is 1. The highest BCUT2D eigenvalue weighted by molar-refractivity contribution is 7.80. The maximum absolute atomic E-state index is 13.6. The number of benzene rings is 1. The quantitative estimate of drug-likeness (QED) is 0.855. The van der Waals surface area contributed by atoms with Gasteiger partial charge in [0.15, 0.2) is 0 Å². The van der Waals surface area contributed by atoms with Crippen LogP contribution in [0.15, 0.2) is 35.0 Å². The lowest BCUT2D eigenvalue weighted by atomic mass is 10.2. The molecule has 2 nitrogen and oxygen atoms in total. The van der Waals surface area contributed by atoms with Gasteiger partial charge in [-0.1, -0.05) is 18.3 Å². The van der Waals surface area contributed by atoms with Crippen molar-refractivity contribution >= 4 is 28.5 Å². The van der Waals surface area contributed by atoms with Gasteiger partial charge in [-0.25, -0.2) is 4.39 Å². The molecule has 0 aliphatic heterocycles. The van der Waals surface area contributed by atoms with Gasteiger partial charge >= 0.3 is 0 Å². The van der Waals surface area contributed by atoms with Crippen LogP contribution in [0.5, 0.6) is 5.75 Å². The van der Waals surface area contributed by atoms with Crippen LogP contribution < -0.4 is 10.5 Å². The molecule has 18 heavy (non-hydrogen) atoms. The highest BCUT2D eigenvalue weighted by atomic mass is 32.1. The van der Waals surface area contributed by atoms with Crippen LogP contribution in [-0.4, -0.2) is 11.6 Å². The summed E-state index contributed by atoms with van der Waals surface area (Å²) in [5.41, 5.74) is 6.88. The predicted octanol–water partition coefficient (Wildman–Crippen LogP) is 3.14. The van der Waals surface area contributed by atoms with Crippen molar-refractivity contribution in [1.82, 2.24) is 0 Å². The number of thiocarbonyl (C=S) groups is 1. The van der Waals surface area contributed by atoms with E-state index >= 15 is 0 Å². The third-order valence-electron chi connectivity index (χ3n) is 2.45. The Labute approximate surface area is 114 Å². The average Bonchev–Trinajstić information content (AvgIpc) is 2.81. The minimum Gasteiger partial charge on any atom is -0.492 e. The summed E-state index contributed by atoms with van der Waals surface area (Å²) >= 11 is 6.47. The molecule has 0 radical (unpaired) electrons. The Bertz CT molecular complexity index is 540. The highest BCUT2D eigenvalue weighted by Crippen LogP contribution is 2.21. The van der Waals surface area contributed by atoms with E-state index in [-0.39, 0.29) is 10.6 Å². The first kappa shape index (κ1) is 13.0. The molecular formula is C13H12FNOS2. The molecule has 0 unspecified atom stereocenters. The fourth-order valence-corrected chi connectivity index (χ4v) is 2.48. The molecule has 0 atom stereocenters. The molecule has 0 fully saturated rings. The van der Waals surface area contributed by atoms with Gasteiger partial charge in [0, 0.05) is 6.42 Å². The van der Waals surface area contributed by atoms with Crippen LogP contribution in [0.3, 0.4) is 0 Å². The summed E-state index contributed by atoms with van der Waals surface area (Å²) in [7, 11) is 0. The Balaban J connectivity index is 2.05. The van der Waals surface area contributed by atoms with Crippen molar-refractivity contribution < 1.29 is 9.13 Å². The summed E-state index contributed by atoms with van der Waals surface area (Å²) in [5, 5.41) is 4.07. The minimum atomic E-state index is -0.449. The van der Waals surface area contributed by atoms with Gasteiger partial charge in [-0.05, 0) is 34.5 Å². The first-order valence-corrected chi connectivity index (χ1v) is 6.76. The molecule has 2 aromatic rings. The summed E-state index contributed by atoms with van der Waals surface area (Å²) in [6.45, 7) is 0.468. The van der Waals surface area contributed by atoms with E-state index in [1.54, 1.807) is 23.5 Å². The first-order valence-electron chi connectivity index (χ1n) is 5.40. The van der Waals surface area contributed by atoms with Gasteiger partial charge in [0.2, 0.25) is 0 Å². The average molecular weight is 281 g/mol. The second-order valence-corrected chi connectivity index (χ2v) is 4.93. The number of nitrogens with two attached hydrogens (primary N) is 1. The Morgan fingerprint density at radius 2 is 2.22 bits per heavy atom. The van der Waals surface area contributed by atoms with Crippen LogP contribution in [0.25, 0.3) is 0 Å². The van der Waals surface area contributed by atoms with Crippen molar-refractivity contribution in [2.24, 2.45) is 5.73 Å². The summed E-state index contributed by atoms with van der Waals surface area (Å²) in [6, 6.07) is 6.61. The standard InChI is InChI=1S/C13H12FNOS2/c14-10-2-1-3-11(12(10)13(15)17)16-6-4-9-5-7-18-8-9/h1-3,5,7-8H,4,6H2,(H2,15,17). The van der Waals surface area contributed by atoms with Gasteiger partial charge in [0.1, 0.15) is 16.6 Å². The van der Waals surface area contributed by atoms with E-state index in [2.05, 4.69) is 5.38 Å². The SMILES string of the molecule is NC(=S)c1c(F)cccc1OCCc1ccsc1. The number of hydrogen-bond donors (Lipinski definition) is 1. The molecule has 2 N–H and O–H groups in total. The van der Waals surface area contributed by atoms with Crippen molar-refractivity contribution in [2.75, 3.05) is 6.61 Å². The minimum absolute atomic E-state index is 0.0126. The Morgan fingerprint density at radius 3 is 2.89 bits per heavy atom. The summed E-state index contributed by atoms with van der Waals surface area (Å²) in [5.74, 6) is -0.0479. The van der Waals surface area contributed by atoms with Crippen LogP contribution >= 0.6 is 23.6 Å². The van der Waals surface area contributed by atoms with E-state index in [0.29, 0.717) is 12.4 Å². The van der Waals surface area contributed by atoms with Gasteiger partial charge < -0.3 is 10.5 Å². The number of halogens is 1. The van der Waals surface area contributed by atoms with E-state index in [0.717, 1.165) is 6.42 Å². The van der Waals surface area contributed by atoms with Gasteiger partial charge in [0.05, 0.1) is 12.2 Å². The largest absolute Gasteiger partial charge is 0.492 e. The molecule has 1 heterocycles. The molecule has 2 rings (SSSR count). The molecule has 1 aromatic carbocycles. The van der Waals surface area contributed by atoms with E-state index in [4.69, 9.17) is 22.7 Å². The molecule has 0 spiro atoms. The van der Waals surface area contributed by atoms with Crippen molar-refractivity contribution in [1.29, 1.82) is 0 Å². The second-order valence-electron chi connectivity index (χ2n) is 3.71. The lowest BCUT2D eigenvalue weighted by Gasteiger charge is -2.10. The maximum Gasteiger partial charge on any atom is 0.137 e.